The maximum atomic E-state index is 11.6. The van der Waals surface area contributed by atoms with Gasteiger partial charge in [-0.2, -0.15) is 0 Å². The minimum absolute atomic E-state index is 0.0281. The number of rotatable bonds is 25. The number of carboxylic acids is 1. The highest BCUT2D eigenvalue weighted by molar-refractivity contribution is 7.47. The molecule has 34 heavy (non-hydrogen) atoms. The molecule has 0 aromatic carbocycles. The molecule has 0 aliphatic rings. The van der Waals surface area contributed by atoms with Crippen LogP contribution in [-0.4, -0.2) is 59.6 Å². The molecule has 0 aromatic heterocycles. The van der Waals surface area contributed by atoms with E-state index in [4.69, 9.17) is 15.6 Å². The van der Waals surface area contributed by atoms with Crippen molar-refractivity contribution in [2.75, 3.05) is 26.4 Å². The number of allylic oxidation sites excluding steroid dienone is 2. The van der Waals surface area contributed by atoms with Crippen LogP contribution < -0.4 is 5.73 Å². The Morgan fingerprint density at radius 1 is 0.853 bits per heavy atom. The standard InChI is InChI=1S/C24H48NO8P/c1-2-3-4-5-6-7-8-9-10-11-12-13-14-15-16-17-18-31-19-22(26)20-32-34(29,30)33-21-23(25)24(27)28/h9-10,22-23,26H,2-8,11-21,25H2,1H3,(H,27,28)(H,29,30)/b10-9-/t22-,23+/m1/s1. The Balaban J connectivity index is 3.45. The van der Waals surface area contributed by atoms with Crippen LogP contribution in [0.5, 0.6) is 0 Å². The lowest BCUT2D eigenvalue weighted by Crippen LogP contribution is -2.34. The summed E-state index contributed by atoms with van der Waals surface area (Å²) in [7, 11) is -4.48. The molecule has 0 bridgehead atoms. The van der Waals surface area contributed by atoms with E-state index in [1.165, 1.54) is 64.2 Å². The van der Waals surface area contributed by atoms with Crippen LogP contribution in [0.1, 0.15) is 96.8 Å². The van der Waals surface area contributed by atoms with Crippen molar-refractivity contribution in [1.82, 2.24) is 0 Å². The van der Waals surface area contributed by atoms with Gasteiger partial charge in [0.1, 0.15) is 12.1 Å². The average molecular weight is 510 g/mol. The van der Waals surface area contributed by atoms with E-state index in [1.807, 2.05) is 0 Å². The molecule has 9 nitrogen and oxygen atoms in total. The summed E-state index contributed by atoms with van der Waals surface area (Å²) in [6, 6.07) is -1.44. The van der Waals surface area contributed by atoms with Gasteiger partial charge in [-0.15, -0.1) is 0 Å². The summed E-state index contributed by atoms with van der Waals surface area (Å²) in [4.78, 5) is 20.0. The van der Waals surface area contributed by atoms with Gasteiger partial charge in [0.25, 0.3) is 0 Å². The lowest BCUT2D eigenvalue weighted by Gasteiger charge is -2.16. The zero-order valence-corrected chi connectivity index (χ0v) is 21.8. The van der Waals surface area contributed by atoms with Gasteiger partial charge in [0.15, 0.2) is 0 Å². The highest BCUT2D eigenvalue weighted by atomic mass is 31.2. The van der Waals surface area contributed by atoms with E-state index in [-0.39, 0.29) is 6.61 Å². The van der Waals surface area contributed by atoms with E-state index in [2.05, 4.69) is 28.1 Å². The zero-order chi connectivity index (χ0) is 25.5. The van der Waals surface area contributed by atoms with Gasteiger partial charge in [0.05, 0.1) is 19.8 Å². The van der Waals surface area contributed by atoms with Crippen molar-refractivity contribution in [3.8, 4) is 0 Å². The highest BCUT2D eigenvalue weighted by Crippen LogP contribution is 2.43. The van der Waals surface area contributed by atoms with Crippen molar-refractivity contribution in [3.05, 3.63) is 12.2 Å². The molecule has 0 saturated heterocycles. The summed E-state index contributed by atoms with van der Waals surface area (Å²) >= 11 is 0. The van der Waals surface area contributed by atoms with E-state index in [9.17, 15) is 19.4 Å². The van der Waals surface area contributed by atoms with Gasteiger partial charge >= 0.3 is 13.8 Å². The largest absolute Gasteiger partial charge is 0.480 e. The third kappa shape index (κ3) is 23.0. The lowest BCUT2D eigenvalue weighted by molar-refractivity contribution is -0.139. The van der Waals surface area contributed by atoms with E-state index in [0.717, 1.165) is 25.7 Å². The van der Waals surface area contributed by atoms with Crippen molar-refractivity contribution in [3.63, 3.8) is 0 Å². The predicted octanol–water partition coefficient (Wildman–Crippen LogP) is 4.95. The average Bonchev–Trinajstić information content (AvgIpc) is 2.80. The number of carboxylic acid groups (broad SMARTS) is 1. The smallest absolute Gasteiger partial charge is 0.472 e. The van der Waals surface area contributed by atoms with Gasteiger partial charge < -0.3 is 25.6 Å². The normalized spacial score (nSPS) is 15.4. The molecule has 202 valence electrons. The fourth-order valence-electron chi connectivity index (χ4n) is 3.18. The maximum absolute atomic E-state index is 11.6. The molecule has 1 unspecified atom stereocenters. The molecule has 0 aromatic rings. The topological polar surface area (TPSA) is 149 Å². The predicted molar refractivity (Wildman–Crippen MR) is 134 cm³/mol. The summed E-state index contributed by atoms with van der Waals surface area (Å²) in [6.07, 6.45) is 20.8. The zero-order valence-electron chi connectivity index (χ0n) is 20.9. The molecule has 0 radical (unpaired) electrons. The number of nitrogens with two attached hydrogens (primary N) is 1. The molecule has 0 saturated carbocycles. The molecular weight excluding hydrogens is 461 g/mol. The minimum Gasteiger partial charge on any atom is -0.480 e. The fraction of sp³-hybridized carbons (Fsp3) is 0.875. The van der Waals surface area contributed by atoms with E-state index < -0.39 is 39.2 Å². The van der Waals surface area contributed by atoms with Crippen molar-refractivity contribution in [2.45, 2.75) is 109 Å². The van der Waals surface area contributed by atoms with E-state index >= 15 is 0 Å². The molecule has 0 spiro atoms. The number of aliphatic carboxylic acids is 1. The quantitative estimate of drug-likeness (QED) is 0.0762. The number of unbranched alkanes of at least 4 members (excludes halogenated alkanes) is 12. The van der Waals surface area contributed by atoms with Gasteiger partial charge in [-0.05, 0) is 32.1 Å². The summed E-state index contributed by atoms with van der Waals surface area (Å²) in [6.45, 7) is 1.57. The lowest BCUT2D eigenvalue weighted by atomic mass is 10.1. The maximum Gasteiger partial charge on any atom is 0.472 e. The molecule has 0 aliphatic heterocycles. The molecule has 0 fully saturated rings. The number of ether oxygens (including phenoxy) is 1. The Bertz CT molecular complexity index is 561. The van der Waals surface area contributed by atoms with E-state index in [1.54, 1.807) is 0 Å². The van der Waals surface area contributed by atoms with Gasteiger partial charge in [-0.1, -0.05) is 76.9 Å². The first-order valence-corrected chi connectivity index (χ1v) is 14.3. The molecule has 10 heteroatoms. The van der Waals surface area contributed by atoms with Crippen molar-refractivity contribution in [2.24, 2.45) is 5.73 Å². The Morgan fingerprint density at radius 2 is 1.35 bits per heavy atom. The second-order valence-electron chi connectivity index (χ2n) is 8.67. The van der Waals surface area contributed by atoms with Crippen LogP contribution in [0.25, 0.3) is 0 Å². The number of hydrogen-bond donors (Lipinski definition) is 4. The van der Waals surface area contributed by atoms with Crippen LogP contribution in [0.15, 0.2) is 12.2 Å². The van der Waals surface area contributed by atoms with Crippen LogP contribution in [0, 0.1) is 0 Å². The third-order valence-corrected chi connectivity index (χ3v) is 6.23. The Hall–Kier alpha value is -0.800. The molecule has 0 amide bonds. The Labute approximate surface area is 205 Å². The first-order chi connectivity index (χ1) is 16.3. The number of aliphatic hydroxyl groups excluding tert-OH is 1. The van der Waals surface area contributed by atoms with Crippen molar-refractivity contribution >= 4 is 13.8 Å². The van der Waals surface area contributed by atoms with Crippen molar-refractivity contribution in [1.29, 1.82) is 0 Å². The number of aliphatic hydroxyl groups is 1. The number of phosphoric acid groups is 1. The van der Waals surface area contributed by atoms with Crippen LogP contribution >= 0.6 is 7.82 Å². The molecule has 0 aliphatic carbocycles. The van der Waals surface area contributed by atoms with Gasteiger partial charge in [-0.25, -0.2) is 4.57 Å². The van der Waals surface area contributed by atoms with E-state index in [0.29, 0.717) is 6.61 Å². The van der Waals surface area contributed by atoms with Crippen molar-refractivity contribution < 1.29 is 38.3 Å². The van der Waals surface area contributed by atoms with Crippen LogP contribution in [0.2, 0.25) is 0 Å². The molecule has 0 heterocycles. The summed E-state index contributed by atoms with van der Waals surface area (Å²) in [5.41, 5.74) is 5.18. The van der Waals surface area contributed by atoms with Gasteiger partial charge in [0, 0.05) is 6.61 Å². The third-order valence-electron chi connectivity index (χ3n) is 5.28. The van der Waals surface area contributed by atoms with Gasteiger partial charge in [-0.3, -0.25) is 13.8 Å². The summed E-state index contributed by atoms with van der Waals surface area (Å²) < 4.78 is 26.0. The van der Waals surface area contributed by atoms with Crippen LogP contribution in [0.4, 0.5) is 0 Å². The Morgan fingerprint density at radius 3 is 1.91 bits per heavy atom. The number of hydrogen-bond acceptors (Lipinski definition) is 7. The molecule has 0 rings (SSSR count). The van der Waals surface area contributed by atoms with Crippen LogP contribution in [-0.2, 0) is 23.1 Å². The van der Waals surface area contributed by atoms with Crippen LogP contribution in [0.3, 0.4) is 0 Å². The number of phosphoric ester groups is 1. The fourth-order valence-corrected chi connectivity index (χ4v) is 3.97. The molecule has 5 N–H and O–H groups in total. The first kappa shape index (κ1) is 33.2. The molecule has 3 atom stereocenters. The highest BCUT2D eigenvalue weighted by Gasteiger charge is 2.25. The number of carbonyl (C=O) groups is 1. The first-order valence-electron chi connectivity index (χ1n) is 12.8. The monoisotopic (exact) mass is 509 g/mol. The Kier molecular flexibility index (Phi) is 22.1. The second-order valence-corrected chi connectivity index (χ2v) is 10.1. The molecular formula is C24H48NO8P. The summed E-state index contributed by atoms with van der Waals surface area (Å²) in [5.74, 6) is -1.36. The second kappa shape index (κ2) is 22.7. The summed E-state index contributed by atoms with van der Waals surface area (Å²) in [5, 5.41) is 18.4. The SMILES string of the molecule is CCCCCCCC/C=C\CCCCCCCCOC[C@@H](O)COP(=O)(O)OC[C@H](N)C(=O)O. The minimum atomic E-state index is -4.48. The van der Waals surface area contributed by atoms with Gasteiger partial charge in [0.2, 0.25) is 0 Å².